The number of hydrogen-bond donors (Lipinski definition) is 3. The van der Waals surface area contributed by atoms with E-state index < -0.39 is 0 Å². The molecule has 2 amide bonds. The molecule has 23 heavy (non-hydrogen) atoms. The molecule has 5 heteroatoms. The van der Waals surface area contributed by atoms with Crippen molar-refractivity contribution in [3.8, 4) is 0 Å². The SMILES string of the molecule is NCC(=O)NCC(=O)NCC1(c2ccccc2)CCCCCC1. The van der Waals surface area contributed by atoms with E-state index in [2.05, 4.69) is 34.9 Å². The lowest BCUT2D eigenvalue weighted by Crippen LogP contribution is -2.45. The molecule has 0 saturated heterocycles. The summed E-state index contributed by atoms with van der Waals surface area (Å²) in [5, 5.41) is 5.51. The molecule has 1 saturated carbocycles. The van der Waals surface area contributed by atoms with Gasteiger partial charge in [-0.1, -0.05) is 56.0 Å². The number of nitrogens with two attached hydrogens (primary N) is 1. The number of benzene rings is 1. The van der Waals surface area contributed by atoms with Crippen LogP contribution >= 0.6 is 0 Å². The van der Waals surface area contributed by atoms with Gasteiger partial charge in [0, 0.05) is 12.0 Å². The van der Waals surface area contributed by atoms with E-state index in [9.17, 15) is 9.59 Å². The Morgan fingerprint density at radius 1 is 0.957 bits per heavy atom. The maximum absolute atomic E-state index is 12.0. The van der Waals surface area contributed by atoms with Gasteiger partial charge in [0.1, 0.15) is 0 Å². The summed E-state index contributed by atoms with van der Waals surface area (Å²) in [6, 6.07) is 10.5. The molecular formula is C18H27N3O2. The molecule has 0 aromatic heterocycles. The van der Waals surface area contributed by atoms with Crippen LogP contribution in [0.1, 0.15) is 44.1 Å². The molecule has 0 bridgehead atoms. The third-order valence-electron chi connectivity index (χ3n) is 4.70. The summed E-state index contributed by atoms with van der Waals surface area (Å²) in [4.78, 5) is 23.1. The number of nitrogens with one attached hydrogen (secondary N) is 2. The minimum atomic E-state index is -0.313. The van der Waals surface area contributed by atoms with Gasteiger partial charge in [0.15, 0.2) is 0 Å². The van der Waals surface area contributed by atoms with Gasteiger partial charge in [-0.3, -0.25) is 9.59 Å². The van der Waals surface area contributed by atoms with Crippen molar-refractivity contribution in [3.63, 3.8) is 0 Å². The first kappa shape index (κ1) is 17.5. The summed E-state index contributed by atoms with van der Waals surface area (Å²) in [7, 11) is 0. The summed E-state index contributed by atoms with van der Waals surface area (Å²) in [5.74, 6) is -0.473. The van der Waals surface area contributed by atoms with E-state index in [0.717, 1.165) is 12.8 Å². The van der Waals surface area contributed by atoms with Gasteiger partial charge in [-0.2, -0.15) is 0 Å². The van der Waals surface area contributed by atoms with E-state index >= 15 is 0 Å². The summed E-state index contributed by atoms with van der Waals surface area (Å²) in [6.07, 6.45) is 7.08. The molecule has 1 aromatic rings. The maximum atomic E-state index is 12.0. The van der Waals surface area contributed by atoms with Crippen LogP contribution in [0.4, 0.5) is 0 Å². The van der Waals surface area contributed by atoms with E-state index in [1.54, 1.807) is 0 Å². The van der Waals surface area contributed by atoms with Crippen molar-refractivity contribution in [2.45, 2.75) is 43.9 Å². The highest BCUT2D eigenvalue weighted by Gasteiger charge is 2.33. The molecule has 1 aliphatic carbocycles. The third-order valence-corrected chi connectivity index (χ3v) is 4.70. The topological polar surface area (TPSA) is 84.2 Å². The summed E-state index contributed by atoms with van der Waals surface area (Å²) in [6.45, 7) is 0.510. The fraction of sp³-hybridized carbons (Fsp3) is 0.556. The second kappa shape index (κ2) is 8.67. The molecule has 2 rings (SSSR count). The number of hydrogen-bond acceptors (Lipinski definition) is 3. The van der Waals surface area contributed by atoms with Gasteiger partial charge in [-0.15, -0.1) is 0 Å². The van der Waals surface area contributed by atoms with Crippen molar-refractivity contribution in [1.29, 1.82) is 0 Å². The minimum Gasteiger partial charge on any atom is -0.354 e. The third kappa shape index (κ3) is 5.06. The zero-order valence-corrected chi connectivity index (χ0v) is 13.6. The van der Waals surface area contributed by atoms with Crippen molar-refractivity contribution in [3.05, 3.63) is 35.9 Å². The molecule has 0 spiro atoms. The van der Waals surface area contributed by atoms with Crippen molar-refractivity contribution in [2.75, 3.05) is 19.6 Å². The summed E-state index contributed by atoms with van der Waals surface area (Å²) in [5.41, 5.74) is 6.52. The monoisotopic (exact) mass is 317 g/mol. The Bertz CT molecular complexity index is 508. The molecule has 0 atom stereocenters. The van der Waals surface area contributed by atoms with Gasteiger partial charge >= 0.3 is 0 Å². The molecule has 0 unspecified atom stereocenters. The molecule has 0 aliphatic heterocycles. The number of carbonyl (C=O) groups excluding carboxylic acids is 2. The van der Waals surface area contributed by atoms with E-state index in [0.29, 0.717) is 6.54 Å². The fourth-order valence-corrected chi connectivity index (χ4v) is 3.35. The van der Waals surface area contributed by atoms with Crippen molar-refractivity contribution >= 4 is 11.8 Å². The van der Waals surface area contributed by atoms with Crippen LogP contribution in [0.25, 0.3) is 0 Å². The van der Waals surface area contributed by atoms with Crippen molar-refractivity contribution in [1.82, 2.24) is 10.6 Å². The molecule has 1 aliphatic rings. The predicted molar refractivity (Wildman–Crippen MR) is 90.9 cm³/mol. The molecule has 0 radical (unpaired) electrons. The van der Waals surface area contributed by atoms with Gasteiger partial charge in [-0.05, 0) is 18.4 Å². The van der Waals surface area contributed by atoms with Crippen LogP contribution in [0.3, 0.4) is 0 Å². The molecule has 1 fully saturated rings. The lowest BCUT2D eigenvalue weighted by Gasteiger charge is -2.34. The molecule has 126 valence electrons. The second-order valence-corrected chi connectivity index (χ2v) is 6.32. The average molecular weight is 317 g/mol. The summed E-state index contributed by atoms with van der Waals surface area (Å²) < 4.78 is 0. The molecule has 4 N–H and O–H groups in total. The van der Waals surface area contributed by atoms with Gasteiger partial charge in [0.25, 0.3) is 0 Å². The maximum Gasteiger partial charge on any atom is 0.239 e. The van der Waals surface area contributed by atoms with E-state index in [1.165, 1.54) is 31.2 Å². The quantitative estimate of drug-likeness (QED) is 0.695. The molecule has 1 aromatic carbocycles. The zero-order valence-electron chi connectivity index (χ0n) is 13.6. The van der Waals surface area contributed by atoms with Gasteiger partial charge in [0.2, 0.25) is 11.8 Å². The highest BCUT2D eigenvalue weighted by atomic mass is 16.2. The average Bonchev–Trinajstić information content (AvgIpc) is 2.85. The van der Waals surface area contributed by atoms with Crippen LogP contribution in [-0.2, 0) is 15.0 Å². The lowest BCUT2D eigenvalue weighted by molar-refractivity contribution is -0.125. The van der Waals surface area contributed by atoms with Crippen LogP contribution < -0.4 is 16.4 Å². The molecule has 0 heterocycles. The van der Waals surface area contributed by atoms with Crippen molar-refractivity contribution in [2.24, 2.45) is 5.73 Å². The first-order valence-electron chi connectivity index (χ1n) is 8.45. The van der Waals surface area contributed by atoms with Crippen LogP contribution in [0, 0.1) is 0 Å². The standard InChI is InChI=1S/C18H27N3O2/c19-12-16(22)20-13-17(23)21-14-18(10-6-1-2-7-11-18)15-8-4-3-5-9-15/h3-5,8-9H,1-2,6-7,10-14,19H2,(H,20,22)(H,21,23). The van der Waals surface area contributed by atoms with Crippen LogP contribution in [0.5, 0.6) is 0 Å². The predicted octanol–water partition coefficient (Wildman–Crippen LogP) is 1.47. The first-order valence-corrected chi connectivity index (χ1v) is 8.45. The summed E-state index contributed by atoms with van der Waals surface area (Å²) >= 11 is 0. The lowest BCUT2D eigenvalue weighted by atomic mass is 9.74. The van der Waals surface area contributed by atoms with E-state index in [4.69, 9.17) is 5.73 Å². The van der Waals surface area contributed by atoms with Crippen LogP contribution in [0.15, 0.2) is 30.3 Å². The van der Waals surface area contributed by atoms with Crippen molar-refractivity contribution < 1.29 is 9.59 Å². The van der Waals surface area contributed by atoms with Gasteiger partial charge in [-0.25, -0.2) is 0 Å². The molecular weight excluding hydrogens is 290 g/mol. The Balaban J connectivity index is 2.01. The number of rotatable bonds is 6. The Kier molecular flexibility index (Phi) is 6.59. The fourth-order valence-electron chi connectivity index (χ4n) is 3.35. The molecule has 5 nitrogen and oxygen atoms in total. The number of carbonyl (C=O) groups is 2. The minimum absolute atomic E-state index is 0.00525. The first-order chi connectivity index (χ1) is 11.2. The normalized spacial score (nSPS) is 17.1. The van der Waals surface area contributed by atoms with Gasteiger partial charge < -0.3 is 16.4 Å². The van der Waals surface area contributed by atoms with E-state index in [1.807, 2.05) is 6.07 Å². The Hall–Kier alpha value is -1.88. The largest absolute Gasteiger partial charge is 0.354 e. The Morgan fingerprint density at radius 2 is 1.61 bits per heavy atom. The number of amides is 2. The van der Waals surface area contributed by atoms with Crippen LogP contribution in [0.2, 0.25) is 0 Å². The van der Waals surface area contributed by atoms with E-state index in [-0.39, 0.29) is 30.3 Å². The van der Waals surface area contributed by atoms with Crippen LogP contribution in [-0.4, -0.2) is 31.4 Å². The second-order valence-electron chi connectivity index (χ2n) is 6.32. The van der Waals surface area contributed by atoms with Gasteiger partial charge in [0.05, 0.1) is 13.1 Å². The highest BCUT2D eigenvalue weighted by molar-refractivity contribution is 5.85. The Morgan fingerprint density at radius 3 is 2.22 bits per heavy atom. The smallest absolute Gasteiger partial charge is 0.239 e. The zero-order chi connectivity index (χ0) is 16.5. The highest BCUT2D eigenvalue weighted by Crippen LogP contribution is 2.37. The Labute approximate surface area is 138 Å².